The second-order valence-electron chi connectivity index (χ2n) is 6.57. The van der Waals surface area contributed by atoms with Gasteiger partial charge in [-0.3, -0.25) is 4.79 Å². The molecule has 1 aliphatic rings. The Balaban J connectivity index is 1.59. The predicted molar refractivity (Wildman–Crippen MR) is 108 cm³/mol. The molecule has 0 aliphatic carbocycles. The SMILES string of the molecule is Cc1cc(OCC(=O)Nc2ccc(N3CCCC3)c(Cl)c2)cc(C)c1Cl. The van der Waals surface area contributed by atoms with Crippen molar-refractivity contribution in [1.29, 1.82) is 0 Å². The summed E-state index contributed by atoms with van der Waals surface area (Å²) in [5, 5.41) is 4.18. The van der Waals surface area contributed by atoms with Crippen LogP contribution in [-0.4, -0.2) is 25.6 Å². The highest BCUT2D eigenvalue weighted by Crippen LogP contribution is 2.31. The Morgan fingerprint density at radius 2 is 1.77 bits per heavy atom. The smallest absolute Gasteiger partial charge is 0.262 e. The molecule has 0 unspecified atom stereocenters. The second kappa shape index (κ2) is 8.19. The third-order valence-corrected chi connectivity index (χ3v) is 5.36. The molecular formula is C20H22Cl2N2O2. The quantitative estimate of drug-likeness (QED) is 0.757. The van der Waals surface area contributed by atoms with Gasteiger partial charge in [0.15, 0.2) is 6.61 Å². The molecule has 26 heavy (non-hydrogen) atoms. The van der Waals surface area contributed by atoms with Crippen LogP contribution >= 0.6 is 23.2 Å². The van der Waals surface area contributed by atoms with Crippen molar-refractivity contribution in [2.45, 2.75) is 26.7 Å². The number of benzene rings is 2. The largest absolute Gasteiger partial charge is 0.484 e. The van der Waals surface area contributed by atoms with Crippen molar-refractivity contribution in [2.75, 3.05) is 29.9 Å². The summed E-state index contributed by atoms with van der Waals surface area (Å²) >= 11 is 12.5. The molecule has 1 heterocycles. The first-order valence-corrected chi connectivity index (χ1v) is 9.43. The molecule has 1 aliphatic heterocycles. The Morgan fingerprint density at radius 1 is 1.12 bits per heavy atom. The van der Waals surface area contributed by atoms with E-state index in [9.17, 15) is 4.79 Å². The summed E-state index contributed by atoms with van der Waals surface area (Å²) in [7, 11) is 0. The minimum atomic E-state index is -0.236. The van der Waals surface area contributed by atoms with Gasteiger partial charge in [0.25, 0.3) is 5.91 Å². The van der Waals surface area contributed by atoms with Crippen LogP contribution in [-0.2, 0) is 4.79 Å². The Labute approximate surface area is 164 Å². The van der Waals surface area contributed by atoms with Crippen molar-refractivity contribution in [3.8, 4) is 5.75 Å². The standard InChI is InChI=1S/C20H22Cl2N2O2/c1-13-9-16(10-14(2)20(13)22)26-12-19(25)23-15-5-6-18(17(21)11-15)24-7-3-4-8-24/h5-6,9-11H,3-4,7-8,12H2,1-2H3,(H,23,25). The Bertz CT molecular complexity index is 794. The first-order chi connectivity index (χ1) is 12.4. The van der Waals surface area contributed by atoms with Gasteiger partial charge in [-0.1, -0.05) is 23.2 Å². The number of rotatable bonds is 5. The van der Waals surface area contributed by atoms with Crippen molar-refractivity contribution in [3.05, 3.63) is 51.5 Å². The topological polar surface area (TPSA) is 41.6 Å². The fourth-order valence-corrected chi connectivity index (χ4v) is 3.54. The number of carbonyl (C=O) groups is 1. The van der Waals surface area contributed by atoms with Crippen LogP contribution in [0.1, 0.15) is 24.0 Å². The maximum atomic E-state index is 12.2. The second-order valence-corrected chi connectivity index (χ2v) is 7.35. The molecule has 4 nitrogen and oxygen atoms in total. The van der Waals surface area contributed by atoms with E-state index in [4.69, 9.17) is 27.9 Å². The number of nitrogens with zero attached hydrogens (tertiary/aromatic N) is 1. The summed E-state index contributed by atoms with van der Waals surface area (Å²) in [4.78, 5) is 14.4. The van der Waals surface area contributed by atoms with Gasteiger partial charge >= 0.3 is 0 Å². The average molecular weight is 393 g/mol. The van der Waals surface area contributed by atoms with E-state index in [0.29, 0.717) is 16.5 Å². The summed E-state index contributed by atoms with van der Waals surface area (Å²) < 4.78 is 5.58. The van der Waals surface area contributed by atoms with E-state index in [1.807, 2.05) is 38.1 Å². The minimum Gasteiger partial charge on any atom is -0.484 e. The molecule has 0 radical (unpaired) electrons. The van der Waals surface area contributed by atoms with Crippen molar-refractivity contribution < 1.29 is 9.53 Å². The number of anilines is 2. The normalized spacial score (nSPS) is 13.8. The number of carbonyl (C=O) groups excluding carboxylic acids is 1. The molecule has 1 saturated heterocycles. The van der Waals surface area contributed by atoms with Gasteiger partial charge in [0, 0.05) is 23.8 Å². The Hall–Kier alpha value is -1.91. The van der Waals surface area contributed by atoms with E-state index >= 15 is 0 Å². The molecular weight excluding hydrogens is 371 g/mol. The van der Waals surface area contributed by atoms with Gasteiger partial charge in [0.1, 0.15) is 5.75 Å². The fourth-order valence-electron chi connectivity index (χ4n) is 3.13. The first-order valence-electron chi connectivity index (χ1n) is 8.68. The zero-order chi connectivity index (χ0) is 18.7. The number of ether oxygens (including phenoxy) is 1. The monoisotopic (exact) mass is 392 g/mol. The summed E-state index contributed by atoms with van der Waals surface area (Å²) in [6, 6.07) is 9.25. The zero-order valence-corrected chi connectivity index (χ0v) is 16.5. The van der Waals surface area contributed by atoms with Crippen LogP contribution < -0.4 is 15.0 Å². The minimum absolute atomic E-state index is 0.0774. The van der Waals surface area contributed by atoms with Crippen LogP contribution in [0.15, 0.2) is 30.3 Å². The number of nitrogens with one attached hydrogen (secondary N) is 1. The summed E-state index contributed by atoms with van der Waals surface area (Å²) in [6.45, 7) is 5.79. The van der Waals surface area contributed by atoms with Crippen LogP contribution in [0.2, 0.25) is 10.0 Å². The van der Waals surface area contributed by atoms with Gasteiger partial charge in [0.2, 0.25) is 0 Å². The van der Waals surface area contributed by atoms with Gasteiger partial charge in [-0.2, -0.15) is 0 Å². The van der Waals surface area contributed by atoms with E-state index in [1.54, 1.807) is 6.07 Å². The lowest BCUT2D eigenvalue weighted by atomic mass is 10.1. The maximum absolute atomic E-state index is 12.2. The lowest BCUT2D eigenvalue weighted by Gasteiger charge is -2.19. The van der Waals surface area contributed by atoms with Gasteiger partial charge < -0.3 is 15.0 Å². The first kappa shape index (κ1) is 18.9. The van der Waals surface area contributed by atoms with Crippen LogP contribution in [0.3, 0.4) is 0 Å². The molecule has 6 heteroatoms. The third-order valence-electron chi connectivity index (χ3n) is 4.46. The molecule has 1 fully saturated rings. The van der Waals surface area contributed by atoms with E-state index in [1.165, 1.54) is 12.8 Å². The molecule has 0 aromatic heterocycles. The number of aryl methyl sites for hydroxylation is 2. The highest BCUT2D eigenvalue weighted by Gasteiger charge is 2.15. The fraction of sp³-hybridized carbons (Fsp3) is 0.350. The van der Waals surface area contributed by atoms with Gasteiger partial charge in [-0.25, -0.2) is 0 Å². The number of amides is 1. The van der Waals surface area contributed by atoms with Gasteiger partial charge in [-0.05, 0) is 68.1 Å². The van der Waals surface area contributed by atoms with Crippen molar-refractivity contribution in [2.24, 2.45) is 0 Å². The van der Waals surface area contributed by atoms with Gasteiger partial charge in [-0.15, -0.1) is 0 Å². The van der Waals surface area contributed by atoms with E-state index < -0.39 is 0 Å². The number of halogens is 2. The van der Waals surface area contributed by atoms with Crippen molar-refractivity contribution in [1.82, 2.24) is 0 Å². The third kappa shape index (κ3) is 4.43. The van der Waals surface area contributed by atoms with Crippen LogP contribution in [0.25, 0.3) is 0 Å². The van der Waals surface area contributed by atoms with Crippen LogP contribution in [0, 0.1) is 13.8 Å². The number of hydrogen-bond donors (Lipinski definition) is 1. The highest BCUT2D eigenvalue weighted by atomic mass is 35.5. The summed E-state index contributed by atoms with van der Waals surface area (Å²) in [5.41, 5.74) is 3.53. The maximum Gasteiger partial charge on any atom is 0.262 e. The van der Waals surface area contributed by atoms with Crippen LogP contribution in [0.5, 0.6) is 5.75 Å². The molecule has 0 bridgehead atoms. The lowest BCUT2D eigenvalue weighted by Crippen LogP contribution is -2.21. The van der Waals surface area contributed by atoms with E-state index in [2.05, 4.69) is 10.2 Å². The molecule has 138 valence electrons. The van der Waals surface area contributed by atoms with E-state index in [-0.39, 0.29) is 12.5 Å². The molecule has 1 N–H and O–H groups in total. The molecule has 0 atom stereocenters. The number of hydrogen-bond acceptors (Lipinski definition) is 3. The lowest BCUT2D eigenvalue weighted by molar-refractivity contribution is -0.118. The molecule has 1 amide bonds. The molecule has 0 spiro atoms. The molecule has 0 saturated carbocycles. The summed E-state index contributed by atoms with van der Waals surface area (Å²) in [6.07, 6.45) is 2.38. The average Bonchev–Trinajstić information content (AvgIpc) is 3.12. The predicted octanol–water partition coefficient (Wildman–Crippen LogP) is 5.23. The molecule has 2 aromatic carbocycles. The Kier molecular flexibility index (Phi) is 5.94. The van der Waals surface area contributed by atoms with E-state index in [0.717, 1.165) is 34.9 Å². The Morgan fingerprint density at radius 3 is 2.38 bits per heavy atom. The zero-order valence-electron chi connectivity index (χ0n) is 14.9. The highest BCUT2D eigenvalue weighted by molar-refractivity contribution is 6.33. The van der Waals surface area contributed by atoms with Crippen LogP contribution in [0.4, 0.5) is 11.4 Å². The summed E-state index contributed by atoms with van der Waals surface area (Å²) in [5.74, 6) is 0.391. The molecule has 3 rings (SSSR count). The van der Waals surface area contributed by atoms with Crippen molar-refractivity contribution in [3.63, 3.8) is 0 Å². The molecule has 2 aromatic rings. The van der Waals surface area contributed by atoms with Gasteiger partial charge in [0.05, 0.1) is 10.7 Å². The van der Waals surface area contributed by atoms with Crippen molar-refractivity contribution >= 4 is 40.5 Å².